The van der Waals surface area contributed by atoms with Crippen LogP contribution in [0.3, 0.4) is 0 Å². The fraction of sp³-hybridized carbons (Fsp3) is 0.273. The number of ether oxygens (including phenoxy) is 1. The van der Waals surface area contributed by atoms with Crippen LogP contribution in [-0.2, 0) is 11.3 Å². The molecule has 0 saturated heterocycles. The van der Waals surface area contributed by atoms with Gasteiger partial charge in [0.2, 0.25) is 0 Å². The molecule has 0 aliphatic heterocycles. The summed E-state index contributed by atoms with van der Waals surface area (Å²) in [6.07, 6.45) is 3.41. The second-order valence-corrected chi connectivity index (χ2v) is 4.39. The van der Waals surface area contributed by atoms with Crippen molar-refractivity contribution in [3.63, 3.8) is 0 Å². The molecule has 6 nitrogen and oxygen atoms in total. The lowest BCUT2D eigenvalue weighted by Gasteiger charge is -2.01. The summed E-state index contributed by atoms with van der Waals surface area (Å²) in [5, 5.41) is 5.38. The van der Waals surface area contributed by atoms with Crippen LogP contribution in [0.25, 0.3) is 0 Å². The topological polar surface area (TPSA) is 77.0 Å². The summed E-state index contributed by atoms with van der Waals surface area (Å²) < 4.78 is 4.58. The number of rotatable bonds is 4. The Morgan fingerprint density at radius 1 is 1.44 bits per heavy atom. The summed E-state index contributed by atoms with van der Waals surface area (Å²) in [7, 11) is 1.33. The lowest BCUT2D eigenvalue weighted by Crippen LogP contribution is -2.04. The number of hydrogen-bond acceptors (Lipinski definition) is 7. The Hall–Kier alpha value is -2.02. The average Bonchev–Trinajstić information content (AvgIpc) is 2.86. The van der Waals surface area contributed by atoms with Crippen molar-refractivity contribution in [2.45, 2.75) is 13.5 Å². The van der Waals surface area contributed by atoms with Gasteiger partial charge in [-0.05, 0) is 6.92 Å². The van der Waals surface area contributed by atoms with Gasteiger partial charge in [-0.15, -0.1) is 11.3 Å². The SMILES string of the molecule is COC(=O)c1csc(NCc2cnc(C)cn2)n1. The molecular weight excluding hydrogens is 252 g/mol. The van der Waals surface area contributed by atoms with Gasteiger partial charge in [0.25, 0.3) is 0 Å². The van der Waals surface area contributed by atoms with Gasteiger partial charge in [0.1, 0.15) is 0 Å². The molecule has 2 aromatic rings. The smallest absolute Gasteiger partial charge is 0.357 e. The molecular formula is C11H12N4O2S. The first-order valence-corrected chi connectivity index (χ1v) is 6.12. The van der Waals surface area contributed by atoms with Crippen molar-refractivity contribution in [2.24, 2.45) is 0 Å². The molecule has 2 heterocycles. The van der Waals surface area contributed by atoms with Crippen molar-refractivity contribution in [3.05, 3.63) is 34.9 Å². The molecule has 2 rings (SSSR count). The zero-order chi connectivity index (χ0) is 13.0. The predicted octanol–water partition coefficient (Wildman–Crippen LogP) is 1.64. The third-order valence-electron chi connectivity index (χ3n) is 2.15. The van der Waals surface area contributed by atoms with Crippen LogP contribution < -0.4 is 5.32 Å². The number of nitrogens with zero attached hydrogens (tertiary/aromatic N) is 3. The van der Waals surface area contributed by atoms with E-state index in [1.54, 1.807) is 17.8 Å². The molecule has 18 heavy (non-hydrogen) atoms. The molecule has 0 amide bonds. The van der Waals surface area contributed by atoms with Crippen LogP contribution in [0.15, 0.2) is 17.8 Å². The van der Waals surface area contributed by atoms with Crippen molar-refractivity contribution in [3.8, 4) is 0 Å². The molecule has 0 aliphatic carbocycles. The highest BCUT2D eigenvalue weighted by Gasteiger charge is 2.10. The number of nitrogens with one attached hydrogen (secondary N) is 1. The molecule has 94 valence electrons. The summed E-state index contributed by atoms with van der Waals surface area (Å²) >= 11 is 1.34. The van der Waals surface area contributed by atoms with Gasteiger partial charge < -0.3 is 10.1 Å². The molecule has 0 aliphatic rings. The van der Waals surface area contributed by atoms with Crippen molar-refractivity contribution < 1.29 is 9.53 Å². The van der Waals surface area contributed by atoms with E-state index in [0.29, 0.717) is 17.4 Å². The Balaban J connectivity index is 1.96. The first kappa shape index (κ1) is 12.4. The second-order valence-electron chi connectivity index (χ2n) is 3.53. The molecule has 7 heteroatoms. The van der Waals surface area contributed by atoms with Crippen molar-refractivity contribution in [2.75, 3.05) is 12.4 Å². The summed E-state index contributed by atoms with van der Waals surface area (Å²) in [4.78, 5) is 23.7. The molecule has 2 aromatic heterocycles. The van der Waals surface area contributed by atoms with E-state index in [4.69, 9.17) is 0 Å². The molecule has 1 N–H and O–H groups in total. The fourth-order valence-corrected chi connectivity index (χ4v) is 1.91. The van der Waals surface area contributed by atoms with Crippen LogP contribution in [-0.4, -0.2) is 28.0 Å². The Morgan fingerprint density at radius 3 is 2.94 bits per heavy atom. The van der Waals surface area contributed by atoms with Crippen molar-refractivity contribution in [1.29, 1.82) is 0 Å². The van der Waals surface area contributed by atoms with Crippen LogP contribution in [0.4, 0.5) is 5.13 Å². The maximum absolute atomic E-state index is 11.2. The van der Waals surface area contributed by atoms with Gasteiger partial charge in [0.05, 0.1) is 31.2 Å². The first-order valence-electron chi connectivity index (χ1n) is 5.24. The second kappa shape index (κ2) is 5.54. The number of carbonyl (C=O) groups excluding carboxylic acids is 1. The number of methoxy groups -OCH3 is 1. The molecule has 0 atom stereocenters. The van der Waals surface area contributed by atoms with E-state index < -0.39 is 5.97 Å². The number of esters is 1. The Bertz CT molecular complexity index is 538. The monoisotopic (exact) mass is 264 g/mol. The summed E-state index contributed by atoms with van der Waals surface area (Å²) in [5.41, 5.74) is 2.00. The summed E-state index contributed by atoms with van der Waals surface area (Å²) in [6, 6.07) is 0. The molecule has 0 fully saturated rings. The number of anilines is 1. The van der Waals surface area contributed by atoms with E-state index in [-0.39, 0.29) is 0 Å². The van der Waals surface area contributed by atoms with Crippen LogP contribution in [0.2, 0.25) is 0 Å². The number of aryl methyl sites for hydroxylation is 1. The maximum atomic E-state index is 11.2. The first-order chi connectivity index (χ1) is 8.69. The highest BCUT2D eigenvalue weighted by molar-refractivity contribution is 7.13. The molecule has 0 bridgehead atoms. The number of carbonyl (C=O) groups is 1. The van der Waals surface area contributed by atoms with Crippen LogP contribution in [0, 0.1) is 6.92 Å². The summed E-state index contributed by atoms with van der Waals surface area (Å²) in [6.45, 7) is 2.40. The van der Waals surface area contributed by atoms with E-state index >= 15 is 0 Å². The van der Waals surface area contributed by atoms with E-state index in [1.165, 1.54) is 18.4 Å². The number of aromatic nitrogens is 3. The van der Waals surface area contributed by atoms with E-state index in [0.717, 1.165) is 11.4 Å². The van der Waals surface area contributed by atoms with Crippen LogP contribution in [0.5, 0.6) is 0 Å². The molecule has 0 radical (unpaired) electrons. The normalized spacial score (nSPS) is 10.1. The predicted molar refractivity (Wildman–Crippen MR) is 67.5 cm³/mol. The summed E-state index contributed by atoms with van der Waals surface area (Å²) in [5.74, 6) is -0.436. The average molecular weight is 264 g/mol. The largest absolute Gasteiger partial charge is 0.464 e. The van der Waals surface area contributed by atoms with Gasteiger partial charge in [-0.2, -0.15) is 0 Å². The molecule has 0 unspecified atom stereocenters. The van der Waals surface area contributed by atoms with Crippen LogP contribution in [0.1, 0.15) is 21.9 Å². The van der Waals surface area contributed by atoms with Gasteiger partial charge in [0, 0.05) is 11.6 Å². The fourth-order valence-electron chi connectivity index (χ4n) is 1.23. The van der Waals surface area contributed by atoms with Crippen LogP contribution >= 0.6 is 11.3 Å². The van der Waals surface area contributed by atoms with E-state index in [1.807, 2.05) is 6.92 Å². The van der Waals surface area contributed by atoms with Crippen molar-refractivity contribution >= 4 is 22.4 Å². The number of hydrogen-bond donors (Lipinski definition) is 1. The Kier molecular flexibility index (Phi) is 3.83. The highest BCUT2D eigenvalue weighted by Crippen LogP contribution is 2.16. The van der Waals surface area contributed by atoms with Gasteiger partial charge >= 0.3 is 5.97 Å². The standard InChI is InChI=1S/C11H12N4O2S/c1-7-3-13-8(4-12-7)5-14-11-15-9(6-18-11)10(16)17-2/h3-4,6H,5H2,1-2H3,(H,14,15). The molecule has 0 spiro atoms. The third kappa shape index (κ3) is 3.01. The lowest BCUT2D eigenvalue weighted by molar-refractivity contribution is 0.0595. The van der Waals surface area contributed by atoms with Crippen molar-refractivity contribution in [1.82, 2.24) is 15.0 Å². The molecule has 0 saturated carbocycles. The zero-order valence-electron chi connectivity index (χ0n) is 10.0. The quantitative estimate of drug-likeness (QED) is 0.846. The molecule has 0 aromatic carbocycles. The third-order valence-corrected chi connectivity index (χ3v) is 2.95. The number of thiazole rings is 1. The van der Waals surface area contributed by atoms with Gasteiger partial charge in [0.15, 0.2) is 10.8 Å². The van der Waals surface area contributed by atoms with Gasteiger partial charge in [-0.3, -0.25) is 9.97 Å². The van der Waals surface area contributed by atoms with E-state index in [9.17, 15) is 4.79 Å². The Labute approximate surface area is 108 Å². The lowest BCUT2D eigenvalue weighted by atomic mass is 10.4. The maximum Gasteiger partial charge on any atom is 0.357 e. The van der Waals surface area contributed by atoms with Gasteiger partial charge in [-0.1, -0.05) is 0 Å². The van der Waals surface area contributed by atoms with Gasteiger partial charge in [-0.25, -0.2) is 9.78 Å². The minimum atomic E-state index is -0.436. The Morgan fingerprint density at radius 2 is 2.28 bits per heavy atom. The highest BCUT2D eigenvalue weighted by atomic mass is 32.1. The minimum Gasteiger partial charge on any atom is -0.464 e. The minimum absolute atomic E-state index is 0.306. The van der Waals surface area contributed by atoms with E-state index in [2.05, 4.69) is 25.0 Å². The zero-order valence-corrected chi connectivity index (χ0v) is 10.8.